The highest BCUT2D eigenvalue weighted by Gasteiger charge is 2.08. The molecule has 55 heavy (non-hydrogen) atoms. The van der Waals surface area contributed by atoms with Crippen LogP contribution in [0.2, 0.25) is 0 Å². The van der Waals surface area contributed by atoms with Crippen molar-refractivity contribution in [1.82, 2.24) is 16.0 Å². The van der Waals surface area contributed by atoms with Gasteiger partial charge in [-0.25, -0.2) is 14.4 Å². The van der Waals surface area contributed by atoms with Crippen LogP contribution in [0.1, 0.15) is 37.5 Å². The number of hydrogen-bond acceptors (Lipinski definition) is 11. The Hall–Kier alpha value is -5.25. The summed E-state index contributed by atoms with van der Waals surface area (Å²) in [5.41, 5.74) is 17.7. The maximum atomic E-state index is 11.4. The third-order valence-electron chi connectivity index (χ3n) is 5.85. The van der Waals surface area contributed by atoms with Gasteiger partial charge in [-0.3, -0.25) is 9.59 Å². The molecule has 0 saturated heterocycles. The molecule has 3 rings (SSSR count). The van der Waals surface area contributed by atoms with E-state index < -0.39 is 22.9 Å². The van der Waals surface area contributed by atoms with Gasteiger partial charge in [0.25, 0.3) is 0 Å². The molecule has 0 radical (unpaired) electrons. The van der Waals surface area contributed by atoms with E-state index in [1.165, 1.54) is 6.08 Å². The number of alkyl carbamates (subject to hydrolysis) is 2. The minimum absolute atomic E-state index is 0.0609. The van der Waals surface area contributed by atoms with Gasteiger partial charge in [-0.2, -0.15) is 0 Å². The van der Waals surface area contributed by atoms with Crippen LogP contribution in [0.3, 0.4) is 0 Å². The first kappa shape index (κ1) is 51.9. The number of carbonyl (C=O) groups excluding carboxylic acids is 5. The second-order valence-corrected chi connectivity index (χ2v) is 11.9. The van der Waals surface area contributed by atoms with Gasteiger partial charge in [0, 0.05) is 49.4 Å². The lowest BCUT2D eigenvalue weighted by Crippen LogP contribution is -2.41. The summed E-state index contributed by atoms with van der Waals surface area (Å²) in [6, 6.07) is 28.2. The monoisotopic (exact) mass is 804 g/mol. The lowest BCUT2D eigenvalue weighted by atomic mass is 10.2. The normalized spacial score (nSPS) is 10.9. The van der Waals surface area contributed by atoms with Crippen LogP contribution in [-0.4, -0.2) is 66.5 Å². The highest BCUT2D eigenvalue weighted by Crippen LogP contribution is 2.03. The molecule has 0 spiro atoms. The molecule has 3 aromatic carbocycles. The molecule has 9 N–H and O–H groups in total. The number of hydrogen-bond donors (Lipinski definition) is 6. The van der Waals surface area contributed by atoms with Crippen molar-refractivity contribution in [2.75, 3.05) is 19.6 Å². The van der Waals surface area contributed by atoms with Crippen LogP contribution in [0, 0.1) is 0 Å². The molecule has 3 aromatic rings. The maximum Gasteiger partial charge on any atom is 0.407 e. The number of ether oxygens (including phenoxy) is 3. The number of nitrogens with one attached hydrogen (secondary N) is 3. The third-order valence-corrected chi connectivity index (χ3v) is 6.11. The van der Waals surface area contributed by atoms with Crippen molar-refractivity contribution in [2.45, 2.75) is 58.7 Å². The molecule has 0 aliphatic heterocycles. The Labute approximate surface area is 333 Å². The van der Waals surface area contributed by atoms with Gasteiger partial charge < -0.3 is 47.4 Å². The van der Waals surface area contributed by atoms with Crippen molar-refractivity contribution in [3.63, 3.8) is 0 Å². The van der Waals surface area contributed by atoms with Crippen LogP contribution in [0.15, 0.2) is 116 Å². The van der Waals surface area contributed by atoms with E-state index in [0.717, 1.165) is 22.8 Å². The van der Waals surface area contributed by atoms with Crippen molar-refractivity contribution in [1.29, 1.82) is 0 Å². The Bertz CT molecular complexity index is 1500. The van der Waals surface area contributed by atoms with Gasteiger partial charge in [0.1, 0.15) is 19.8 Å². The van der Waals surface area contributed by atoms with E-state index >= 15 is 0 Å². The Morgan fingerprint density at radius 3 is 1.27 bits per heavy atom. The highest BCUT2D eigenvalue weighted by atomic mass is 35.5. The molecule has 302 valence electrons. The third kappa shape index (κ3) is 36.9. The molecule has 14 nitrogen and oxygen atoms in total. The second-order valence-electron chi connectivity index (χ2n) is 11.2. The Morgan fingerprint density at radius 2 is 0.982 bits per heavy atom. The minimum atomic E-state index is -0.770. The molecule has 0 bridgehead atoms. The maximum absolute atomic E-state index is 11.4. The second kappa shape index (κ2) is 34.5. The zero-order chi connectivity index (χ0) is 41.9. The number of amides is 3. The van der Waals surface area contributed by atoms with E-state index in [4.69, 9.17) is 49.9 Å². The van der Waals surface area contributed by atoms with E-state index in [-0.39, 0.29) is 43.9 Å². The molecule has 16 heteroatoms. The van der Waals surface area contributed by atoms with E-state index in [2.05, 4.69) is 33.8 Å². The van der Waals surface area contributed by atoms with Crippen LogP contribution < -0.4 is 33.2 Å². The van der Waals surface area contributed by atoms with Gasteiger partial charge in [-0.1, -0.05) is 104 Å². The highest BCUT2D eigenvalue weighted by molar-refractivity contribution is 6.66. The summed E-state index contributed by atoms with van der Waals surface area (Å²) in [4.78, 5) is 53.2. The number of carbonyl (C=O) groups is 5. The number of halogens is 2. The summed E-state index contributed by atoms with van der Waals surface area (Å²) in [5.74, 6) is -0.271. The van der Waals surface area contributed by atoms with Gasteiger partial charge in [-0.15, -0.1) is 0 Å². The van der Waals surface area contributed by atoms with Gasteiger partial charge >= 0.3 is 17.6 Å². The van der Waals surface area contributed by atoms with Crippen molar-refractivity contribution < 1.29 is 38.2 Å². The minimum Gasteiger partial charge on any atom is -0.449 e. The van der Waals surface area contributed by atoms with Crippen molar-refractivity contribution in [3.05, 3.63) is 133 Å². The SMILES string of the molecule is C=CC(=O)Cl.C=CC(=O)NC(C)CNC(=O)OCc1ccccc1.CC(N)CN.CC(N)CNC(=O)OCc1ccccc1.O=C(Cl)OCc1ccccc1. The lowest BCUT2D eigenvalue weighted by Gasteiger charge is -2.13. The van der Waals surface area contributed by atoms with Gasteiger partial charge in [-0.05, 0) is 61.2 Å². The lowest BCUT2D eigenvalue weighted by molar-refractivity contribution is -0.117. The van der Waals surface area contributed by atoms with Crippen LogP contribution in [0.5, 0.6) is 0 Å². The summed E-state index contributed by atoms with van der Waals surface area (Å²) in [5, 5.41) is 7.26. The number of benzene rings is 3. The fourth-order valence-corrected chi connectivity index (χ4v) is 3.15. The molecule has 0 aliphatic rings. The van der Waals surface area contributed by atoms with Crippen molar-refractivity contribution >= 4 is 52.0 Å². The summed E-state index contributed by atoms with van der Waals surface area (Å²) in [7, 11) is 0. The fraction of sp³-hybridized carbons (Fsp3) is 0.308. The summed E-state index contributed by atoms with van der Waals surface area (Å²) < 4.78 is 14.6. The average Bonchev–Trinajstić information content (AvgIpc) is 3.18. The summed E-state index contributed by atoms with van der Waals surface area (Å²) in [6.07, 6.45) is 1.28. The zero-order valence-electron chi connectivity index (χ0n) is 31.5. The average molecular weight is 806 g/mol. The van der Waals surface area contributed by atoms with Crippen LogP contribution in [-0.2, 0) is 43.6 Å². The largest absolute Gasteiger partial charge is 0.449 e. The quantitative estimate of drug-likeness (QED) is 0.0662. The van der Waals surface area contributed by atoms with Crippen molar-refractivity contribution in [3.8, 4) is 0 Å². The molecular formula is C39H54Cl2N6O8. The first-order valence-electron chi connectivity index (χ1n) is 16.8. The van der Waals surface area contributed by atoms with Crippen molar-refractivity contribution in [2.24, 2.45) is 17.2 Å². The molecule has 0 aromatic heterocycles. The van der Waals surface area contributed by atoms with E-state index in [1.807, 2.05) is 105 Å². The van der Waals surface area contributed by atoms with Gasteiger partial charge in [0.05, 0.1) is 0 Å². The molecule has 3 atom stereocenters. The Morgan fingerprint density at radius 1 is 0.636 bits per heavy atom. The zero-order valence-corrected chi connectivity index (χ0v) is 33.0. The molecule has 0 saturated carbocycles. The van der Waals surface area contributed by atoms with E-state index in [1.54, 1.807) is 6.92 Å². The molecule has 0 fully saturated rings. The summed E-state index contributed by atoms with van der Waals surface area (Å²) >= 11 is 9.67. The Balaban J connectivity index is 0. The Kier molecular flexibility index (Phi) is 32.5. The van der Waals surface area contributed by atoms with Crippen LogP contribution >= 0.6 is 23.2 Å². The van der Waals surface area contributed by atoms with Gasteiger partial charge in [0.2, 0.25) is 11.1 Å². The molecule has 0 heterocycles. The van der Waals surface area contributed by atoms with Crippen LogP contribution in [0.25, 0.3) is 0 Å². The van der Waals surface area contributed by atoms with Crippen LogP contribution in [0.4, 0.5) is 14.4 Å². The molecular weight excluding hydrogens is 751 g/mol. The number of allylic oxidation sites excluding steroid dienone is 1. The van der Waals surface area contributed by atoms with E-state index in [0.29, 0.717) is 19.6 Å². The van der Waals surface area contributed by atoms with Gasteiger partial charge in [0.15, 0.2) is 0 Å². The number of rotatable bonds is 14. The first-order valence-corrected chi connectivity index (χ1v) is 17.6. The summed E-state index contributed by atoms with van der Waals surface area (Å²) in [6.45, 7) is 13.9. The molecule has 3 amide bonds. The molecule has 3 unspecified atom stereocenters. The number of nitrogens with two attached hydrogens (primary N) is 3. The fourth-order valence-electron chi connectivity index (χ4n) is 3.10. The standard InChI is InChI=1S/C14H18N2O3.C11H16N2O2.C8H7ClO2.C3H3ClO.C3H10N2/c1-3-13(17)16-11(2)9-15-14(18)19-10-12-7-5-4-6-8-12;1-9(12)7-13-11(14)15-8-10-5-3-2-4-6-10;9-8(10)11-6-7-4-2-1-3-5-7;1-2-3(4)5;1-3(5)2-4/h3-8,11H,1,9-10H2,2H3,(H,15,18)(H,16,17);2-6,9H,7-8,12H2,1H3,(H,13,14);1-5H,6H2;2H,1H2;3H,2,4-5H2,1H3. The van der Waals surface area contributed by atoms with E-state index in [9.17, 15) is 24.0 Å². The smallest absolute Gasteiger partial charge is 0.407 e. The predicted molar refractivity (Wildman–Crippen MR) is 217 cm³/mol. The first-order chi connectivity index (χ1) is 26.1. The molecule has 0 aliphatic carbocycles. The topological polar surface area (TPSA) is 227 Å². The predicted octanol–water partition coefficient (Wildman–Crippen LogP) is 5.66.